The van der Waals surface area contributed by atoms with E-state index in [0.717, 1.165) is 11.1 Å². The molecule has 26 heavy (non-hydrogen) atoms. The van der Waals surface area contributed by atoms with Crippen molar-refractivity contribution in [3.8, 4) is 5.88 Å². The molecule has 0 fully saturated rings. The van der Waals surface area contributed by atoms with Crippen LogP contribution < -0.4 is 10.1 Å². The van der Waals surface area contributed by atoms with Crippen molar-refractivity contribution in [2.45, 2.75) is 20.0 Å². The van der Waals surface area contributed by atoms with E-state index in [1.165, 1.54) is 0 Å². The Morgan fingerprint density at radius 1 is 1.23 bits per heavy atom. The number of halogens is 1. The number of aromatic nitrogens is 3. The summed E-state index contributed by atoms with van der Waals surface area (Å²) in [4.78, 5) is 16.5. The van der Waals surface area contributed by atoms with Crippen molar-refractivity contribution in [3.05, 3.63) is 76.7 Å². The van der Waals surface area contributed by atoms with E-state index < -0.39 is 0 Å². The molecule has 0 aliphatic rings. The van der Waals surface area contributed by atoms with Crippen molar-refractivity contribution in [1.29, 1.82) is 0 Å². The quantitative estimate of drug-likeness (QED) is 0.692. The van der Waals surface area contributed by atoms with Gasteiger partial charge in [0, 0.05) is 29.5 Å². The number of pyridine rings is 1. The monoisotopic (exact) mass is 370 g/mol. The Kier molecular flexibility index (Phi) is 5.86. The number of benzene rings is 1. The van der Waals surface area contributed by atoms with E-state index in [1.54, 1.807) is 23.3 Å². The average Bonchev–Trinajstić information content (AvgIpc) is 3.12. The highest BCUT2D eigenvalue weighted by molar-refractivity contribution is 6.31. The summed E-state index contributed by atoms with van der Waals surface area (Å²) in [5.74, 6) is 0.325. The molecule has 0 unspecified atom stereocenters. The van der Waals surface area contributed by atoms with Crippen molar-refractivity contribution < 1.29 is 9.53 Å². The number of rotatable bonds is 7. The minimum Gasteiger partial charge on any atom is -0.478 e. The molecule has 1 N–H and O–H groups in total. The molecule has 0 saturated carbocycles. The Hall–Kier alpha value is -2.86. The first-order valence-electron chi connectivity index (χ1n) is 8.28. The fourth-order valence-electron chi connectivity index (χ4n) is 2.47. The van der Waals surface area contributed by atoms with Gasteiger partial charge in [-0.15, -0.1) is 0 Å². The largest absolute Gasteiger partial charge is 0.478 e. The lowest BCUT2D eigenvalue weighted by molar-refractivity contribution is 0.0950. The summed E-state index contributed by atoms with van der Waals surface area (Å²) in [6.07, 6.45) is 4.90. The molecule has 7 heteroatoms. The predicted octanol–water partition coefficient (Wildman–Crippen LogP) is 3.31. The Bertz CT molecular complexity index is 895. The number of nitrogens with zero attached hydrogens (tertiary/aromatic N) is 3. The third-order valence-corrected chi connectivity index (χ3v) is 4.12. The van der Waals surface area contributed by atoms with Crippen molar-refractivity contribution >= 4 is 17.5 Å². The Morgan fingerprint density at radius 2 is 2.04 bits per heavy atom. The lowest BCUT2D eigenvalue weighted by Crippen LogP contribution is -2.23. The van der Waals surface area contributed by atoms with Gasteiger partial charge in [-0.25, -0.2) is 4.98 Å². The van der Waals surface area contributed by atoms with Gasteiger partial charge in [-0.1, -0.05) is 35.9 Å². The molecule has 0 aliphatic heterocycles. The Labute approximate surface area is 156 Å². The number of nitrogens with one attached hydrogen (secondary N) is 1. The highest BCUT2D eigenvalue weighted by Gasteiger charge is 2.11. The second-order valence-electron chi connectivity index (χ2n) is 5.60. The van der Waals surface area contributed by atoms with Gasteiger partial charge in [-0.3, -0.25) is 9.48 Å². The van der Waals surface area contributed by atoms with E-state index >= 15 is 0 Å². The zero-order chi connectivity index (χ0) is 18.4. The molecule has 3 rings (SSSR count). The normalized spacial score (nSPS) is 10.5. The molecule has 2 aromatic heterocycles. The summed E-state index contributed by atoms with van der Waals surface area (Å²) < 4.78 is 7.15. The summed E-state index contributed by atoms with van der Waals surface area (Å²) in [5.41, 5.74) is 2.26. The topological polar surface area (TPSA) is 69.0 Å². The van der Waals surface area contributed by atoms with E-state index in [2.05, 4.69) is 15.4 Å². The number of hydrogen-bond acceptors (Lipinski definition) is 4. The Balaban J connectivity index is 1.63. The molecule has 2 heterocycles. The molecule has 0 saturated heterocycles. The standard InChI is InChI=1S/C19H19ClN4O2/c1-2-26-19-14(7-5-9-21-19)10-22-18(25)16-11-23-24(13-16)12-15-6-3-4-8-17(15)20/h3-9,11,13H,2,10,12H2,1H3,(H,22,25). The number of carbonyl (C=O) groups is 1. The first-order chi connectivity index (χ1) is 12.7. The van der Waals surface area contributed by atoms with E-state index in [9.17, 15) is 4.79 Å². The third kappa shape index (κ3) is 4.40. The van der Waals surface area contributed by atoms with Gasteiger partial charge in [-0.2, -0.15) is 5.10 Å². The molecule has 1 amide bonds. The first kappa shape index (κ1) is 17.9. The molecule has 0 spiro atoms. The van der Waals surface area contributed by atoms with Gasteiger partial charge >= 0.3 is 0 Å². The lowest BCUT2D eigenvalue weighted by atomic mass is 10.2. The fraction of sp³-hybridized carbons (Fsp3) is 0.211. The van der Waals surface area contributed by atoms with E-state index in [1.807, 2.05) is 43.3 Å². The van der Waals surface area contributed by atoms with Crippen molar-refractivity contribution in [1.82, 2.24) is 20.1 Å². The van der Waals surface area contributed by atoms with Gasteiger partial charge in [0.05, 0.1) is 24.9 Å². The van der Waals surface area contributed by atoms with Crippen LogP contribution in [0.2, 0.25) is 5.02 Å². The smallest absolute Gasteiger partial charge is 0.254 e. The summed E-state index contributed by atoms with van der Waals surface area (Å²) in [6, 6.07) is 11.2. The Morgan fingerprint density at radius 3 is 2.85 bits per heavy atom. The third-order valence-electron chi connectivity index (χ3n) is 3.76. The van der Waals surface area contributed by atoms with E-state index in [0.29, 0.717) is 36.2 Å². The van der Waals surface area contributed by atoms with Gasteiger partial charge in [0.1, 0.15) is 0 Å². The van der Waals surface area contributed by atoms with Crippen molar-refractivity contribution in [2.24, 2.45) is 0 Å². The summed E-state index contributed by atoms with van der Waals surface area (Å²) >= 11 is 6.16. The highest BCUT2D eigenvalue weighted by Crippen LogP contribution is 2.16. The van der Waals surface area contributed by atoms with Gasteiger partial charge in [0.15, 0.2) is 0 Å². The molecule has 3 aromatic rings. The van der Waals surface area contributed by atoms with Crippen LogP contribution in [0.5, 0.6) is 5.88 Å². The second kappa shape index (κ2) is 8.49. The maximum absolute atomic E-state index is 12.4. The van der Waals surface area contributed by atoms with E-state index in [4.69, 9.17) is 16.3 Å². The second-order valence-corrected chi connectivity index (χ2v) is 6.01. The molecule has 134 valence electrons. The molecule has 6 nitrogen and oxygen atoms in total. The number of amides is 1. The number of ether oxygens (including phenoxy) is 1. The van der Waals surface area contributed by atoms with Gasteiger partial charge in [-0.05, 0) is 24.6 Å². The van der Waals surface area contributed by atoms with Gasteiger partial charge < -0.3 is 10.1 Å². The first-order valence-corrected chi connectivity index (χ1v) is 8.66. The summed E-state index contributed by atoms with van der Waals surface area (Å²) in [5, 5.41) is 7.78. The van der Waals surface area contributed by atoms with Gasteiger partial charge in [0.2, 0.25) is 5.88 Å². The zero-order valence-electron chi connectivity index (χ0n) is 14.4. The average molecular weight is 371 g/mol. The van der Waals surface area contributed by atoms with Crippen LogP contribution in [-0.4, -0.2) is 27.3 Å². The van der Waals surface area contributed by atoms with Crippen LogP contribution in [0.25, 0.3) is 0 Å². The van der Waals surface area contributed by atoms with Crippen LogP contribution in [-0.2, 0) is 13.1 Å². The van der Waals surface area contributed by atoms with E-state index in [-0.39, 0.29) is 5.91 Å². The van der Waals surface area contributed by atoms with Crippen LogP contribution in [0.4, 0.5) is 0 Å². The van der Waals surface area contributed by atoms with Gasteiger partial charge in [0.25, 0.3) is 5.91 Å². The fourth-order valence-corrected chi connectivity index (χ4v) is 2.67. The predicted molar refractivity (Wildman–Crippen MR) is 99.4 cm³/mol. The van der Waals surface area contributed by atoms with Crippen molar-refractivity contribution in [2.75, 3.05) is 6.61 Å². The molecule has 0 aliphatic carbocycles. The van der Waals surface area contributed by atoms with Crippen LogP contribution in [0, 0.1) is 0 Å². The van der Waals surface area contributed by atoms with Crippen LogP contribution >= 0.6 is 11.6 Å². The minimum absolute atomic E-state index is 0.207. The number of carbonyl (C=O) groups excluding carboxylic acids is 1. The molecular formula is C19H19ClN4O2. The molecule has 0 bridgehead atoms. The molecule has 0 atom stereocenters. The molecule has 0 radical (unpaired) electrons. The summed E-state index contributed by atoms with van der Waals surface area (Å²) in [7, 11) is 0. The lowest BCUT2D eigenvalue weighted by Gasteiger charge is -2.09. The maximum Gasteiger partial charge on any atom is 0.254 e. The van der Waals surface area contributed by atoms with Crippen LogP contribution in [0.3, 0.4) is 0 Å². The minimum atomic E-state index is -0.207. The zero-order valence-corrected chi connectivity index (χ0v) is 15.1. The molecule has 1 aromatic carbocycles. The highest BCUT2D eigenvalue weighted by atomic mass is 35.5. The molecular weight excluding hydrogens is 352 g/mol. The summed E-state index contributed by atoms with van der Waals surface area (Å²) in [6.45, 7) is 3.25. The maximum atomic E-state index is 12.4. The van der Waals surface area contributed by atoms with Crippen LogP contribution in [0.1, 0.15) is 28.4 Å². The van der Waals surface area contributed by atoms with Crippen LogP contribution in [0.15, 0.2) is 55.0 Å². The van der Waals surface area contributed by atoms with Crippen molar-refractivity contribution in [3.63, 3.8) is 0 Å². The number of hydrogen-bond donors (Lipinski definition) is 1. The SMILES string of the molecule is CCOc1ncccc1CNC(=O)c1cnn(Cc2ccccc2Cl)c1.